The number of methoxy groups -OCH3 is 1. The Morgan fingerprint density at radius 2 is 1.88 bits per heavy atom. The van der Waals surface area contributed by atoms with Crippen LogP contribution in [0.5, 0.6) is 5.75 Å². The molecule has 1 aliphatic rings. The quantitative estimate of drug-likeness (QED) is 0.422. The molecule has 1 atom stereocenters. The van der Waals surface area contributed by atoms with E-state index in [1.54, 1.807) is 12.0 Å². The molecule has 0 radical (unpaired) electrons. The first kappa shape index (κ1) is 24.0. The molecule has 0 bridgehead atoms. The number of hydrogen-bond donors (Lipinski definition) is 1. The fourth-order valence-electron chi connectivity index (χ4n) is 3.50. The van der Waals surface area contributed by atoms with Gasteiger partial charge in [-0.25, -0.2) is 4.99 Å². The molecular formula is C26H24BrN3O3S. The van der Waals surface area contributed by atoms with Crippen LogP contribution in [0.15, 0.2) is 88.3 Å². The van der Waals surface area contributed by atoms with Gasteiger partial charge in [0.25, 0.3) is 0 Å². The van der Waals surface area contributed by atoms with Crippen molar-refractivity contribution in [2.75, 3.05) is 19.0 Å². The molecule has 1 fully saturated rings. The zero-order chi connectivity index (χ0) is 23.9. The van der Waals surface area contributed by atoms with E-state index in [4.69, 9.17) is 9.73 Å². The van der Waals surface area contributed by atoms with E-state index in [9.17, 15) is 9.59 Å². The Hall–Kier alpha value is -3.10. The van der Waals surface area contributed by atoms with E-state index in [0.717, 1.165) is 21.5 Å². The molecule has 0 aliphatic carbocycles. The van der Waals surface area contributed by atoms with Gasteiger partial charge in [-0.1, -0.05) is 64.1 Å². The van der Waals surface area contributed by atoms with Crippen molar-refractivity contribution < 1.29 is 14.3 Å². The van der Waals surface area contributed by atoms with E-state index in [1.165, 1.54) is 11.8 Å². The van der Waals surface area contributed by atoms with E-state index < -0.39 is 5.25 Å². The number of para-hydroxylation sites is 1. The third-order valence-corrected chi connectivity index (χ3v) is 6.97. The third kappa shape index (κ3) is 6.27. The molecule has 3 aromatic carbocycles. The molecule has 2 amide bonds. The van der Waals surface area contributed by atoms with Crippen molar-refractivity contribution in [3.8, 4) is 5.75 Å². The van der Waals surface area contributed by atoms with Crippen LogP contribution in [-0.4, -0.2) is 40.8 Å². The lowest BCUT2D eigenvalue weighted by molar-refractivity contribution is -0.129. The summed E-state index contributed by atoms with van der Waals surface area (Å²) in [6, 6.07) is 24.6. The number of thioether (sulfide) groups is 1. The summed E-state index contributed by atoms with van der Waals surface area (Å²) >= 11 is 4.74. The summed E-state index contributed by atoms with van der Waals surface area (Å²) in [7, 11) is 1.63. The van der Waals surface area contributed by atoms with E-state index in [0.29, 0.717) is 23.8 Å². The average molecular weight is 538 g/mol. The average Bonchev–Trinajstić information content (AvgIpc) is 2.84. The number of nitrogens with zero attached hydrogens (tertiary/aromatic N) is 2. The second-order valence-corrected chi connectivity index (χ2v) is 9.77. The SMILES string of the molecule is COc1ccc(CCN2C(=O)CC(C(=O)Nc3cccc(Br)c3)SC2=Nc2ccccc2)cc1. The molecule has 8 heteroatoms. The van der Waals surface area contributed by atoms with Gasteiger partial charge >= 0.3 is 0 Å². The summed E-state index contributed by atoms with van der Waals surface area (Å²) in [5, 5.41) is 2.88. The number of ether oxygens (including phenoxy) is 1. The van der Waals surface area contributed by atoms with Gasteiger partial charge in [0.2, 0.25) is 11.8 Å². The number of nitrogens with one attached hydrogen (secondary N) is 1. The van der Waals surface area contributed by atoms with E-state index in [-0.39, 0.29) is 18.2 Å². The topological polar surface area (TPSA) is 71.0 Å². The molecule has 1 N–H and O–H groups in total. The predicted octanol–water partition coefficient (Wildman–Crippen LogP) is 5.66. The number of anilines is 1. The number of hydrogen-bond acceptors (Lipinski definition) is 5. The molecule has 174 valence electrons. The molecule has 1 aliphatic heterocycles. The molecule has 0 aromatic heterocycles. The van der Waals surface area contributed by atoms with Crippen LogP contribution in [0.1, 0.15) is 12.0 Å². The van der Waals surface area contributed by atoms with Crippen molar-refractivity contribution in [2.45, 2.75) is 18.1 Å². The maximum Gasteiger partial charge on any atom is 0.238 e. The van der Waals surface area contributed by atoms with Crippen LogP contribution in [0, 0.1) is 0 Å². The minimum atomic E-state index is -0.564. The molecule has 1 heterocycles. The normalized spacial score (nSPS) is 17.0. The van der Waals surface area contributed by atoms with Crippen molar-refractivity contribution in [1.82, 2.24) is 4.90 Å². The monoisotopic (exact) mass is 537 g/mol. The zero-order valence-corrected chi connectivity index (χ0v) is 21.0. The van der Waals surface area contributed by atoms with Crippen molar-refractivity contribution in [3.05, 3.63) is 88.9 Å². The van der Waals surface area contributed by atoms with Crippen LogP contribution < -0.4 is 10.1 Å². The highest BCUT2D eigenvalue weighted by Crippen LogP contribution is 2.30. The number of aliphatic imine (C=N–C) groups is 1. The molecular weight excluding hydrogens is 514 g/mol. The highest BCUT2D eigenvalue weighted by atomic mass is 79.9. The zero-order valence-electron chi connectivity index (χ0n) is 18.6. The number of amides is 2. The number of benzene rings is 3. The molecule has 34 heavy (non-hydrogen) atoms. The highest BCUT2D eigenvalue weighted by Gasteiger charge is 2.35. The third-order valence-electron chi connectivity index (χ3n) is 5.29. The molecule has 0 saturated carbocycles. The minimum absolute atomic E-state index is 0.112. The molecule has 1 saturated heterocycles. The van der Waals surface area contributed by atoms with Gasteiger partial charge in [-0.3, -0.25) is 14.5 Å². The fraction of sp³-hybridized carbons (Fsp3) is 0.192. The molecule has 4 rings (SSSR count). The number of carbonyl (C=O) groups is 2. The number of halogens is 1. The summed E-state index contributed by atoms with van der Waals surface area (Å²) in [6.45, 7) is 0.476. The smallest absolute Gasteiger partial charge is 0.238 e. The largest absolute Gasteiger partial charge is 0.497 e. The van der Waals surface area contributed by atoms with Gasteiger partial charge in [-0.05, 0) is 54.4 Å². The first-order valence-electron chi connectivity index (χ1n) is 10.8. The maximum atomic E-state index is 13.2. The molecule has 6 nitrogen and oxygen atoms in total. The van der Waals surface area contributed by atoms with E-state index in [1.807, 2.05) is 78.9 Å². The lowest BCUT2D eigenvalue weighted by Crippen LogP contribution is -2.46. The Kier molecular flexibility index (Phi) is 8.03. The first-order valence-corrected chi connectivity index (χ1v) is 12.5. The Balaban J connectivity index is 1.52. The fourth-order valence-corrected chi connectivity index (χ4v) is 5.02. The number of carbonyl (C=O) groups excluding carboxylic acids is 2. The van der Waals surface area contributed by atoms with Gasteiger partial charge in [0.15, 0.2) is 5.17 Å². The predicted molar refractivity (Wildman–Crippen MR) is 141 cm³/mol. The van der Waals surface area contributed by atoms with Crippen LogP contribution in [0.4, 0.5) is 11.4 Å². The van der Waals surface area contributed by atoms with E-state index >= 15 is 0 Å². The summed E-state index contributed by atoms with van der Waals surface area (Å²) in [6.07, 6.45) is 0.778. The van der Waals surface area contributed by atoms with Gasteiger partial charge in [-0.2, -0.15) is 0 Å². The molecule has 0 spiro atoms. The van der Waals surface area contributed by atoms with Crippen LogP contribution in [0.3, 0.4) is 0 Å². The number of amidine groups is 1. The minimum Gasteiger partial charge on any atom is -0.497 e. The Labute approximate surface area is 211 Å². The summed E-state index contributed by atoms with van der Waals surface area (Å²) < 4.78 is 6.09. The maximum absolute atomic E-state index is 13.2. The summed E-state index contributed by atoms with van der Waals surface area (Å²) in [4.78, 5) is 32.6. The van der Waals surface area contributed by atoms with Crippen LogP contribution in [0.2, 0.25) is 0 Å². The van der Waals surface area contributed by atoms with Crippen molar-refractivity contribution in [3.63, 3.8) is 0 Å². The second kappa shape index (κ2) is 11.4. The number of rotatable bonds is 7. The Bertz CT molecular complexity index is 1190. The lowest BCUT2D eigenvalue weighted by Gasteiger charge is -2.32. The van der Waals surface area contributed by atoms with Crippen molar-refractivity contribution in [2.24, 2.45) is 4.99 Å². The van der Waals surface area contributed by atoms with E-state index in [2.05, 4.69) is 21.2 Å². The summed E-state index contributed by atoms with van der Waals surface area (Å²) in [5.74, 6) is 0.460. The van der Waals surface area contributed by atoms with Gasteiger partial charge in [0.1, 0.15) is 11.0 Å². The van der Waals surface area contributed by atoms with Crippen molar-refractivity contribution >= 4 is 56.0 Å². The Morgan fingerprint density at radius 3 is 2.59 bits per heavy atom. The van der Waals surface area contributed by atoms with Crippen LogP contribution >= 0.6 is 27.7 Å². The molecule has 3 aromatic rings. The lowest BCUT2D eigenvalue weighted by atomic mass is 10.1. The molecule has 1 unspecified atom stereocenters. The summed E-state index contributed by atoms with van der Waals surface area (Å²) in [5.41, 5.74) is 2.50. The van der Waals surface area contributed by atoms with Crippen LogP contribution in [-0.2, 0) is 16.0 Å². The van der Waals surface area contributed by atoms with Crippen molar-refractivity contribution in [1.29, 1.82) is 0 Å². The van der Waals surface area contributed by atoms with Crippen LogP contribution in [0.25, 0.3) is 0 Å². The van der Waals surface area contributed by atoms with Gasteiger partial charge < -0.3 is 10.1 Å². The Morgan fingerprint density at radius 1 is 1.12 bits per heavy atom. The second-order valence-electron chi connectivity index (χ2n) is 7.68. The van der Waals surface area contributed by atoms with Gasteiger partial charge in [0.05, 0.1) is 12.8 Å². The first-order chi connectivity index (χ1) is 16.5. The standard InChI is InChI=1S/C26H24BrN3O3S/c1-33-22-12-10-18(11-13-22)14-15-30-24(31)17-23(25(32)28-21-9-5-6-19(27)16-21)34-26(30)29-20-7-3-2-4-8-20/h2-13,16,23H,14-15,17H2,1H3,(H,28,32). The van der Waals surface area contributed by atoms with Gasteiger partial charge in [0, 0.05) is 23.1 Å². The highest BCUT2D eigenvalue weighted by molar-refractivity contribution is 9.10. The van der Waals surface area contributed by atoms with Gasteiger partial charge in [-0.15, -0.1) is 0 Å².